The van der Waals surface area contributed by atoms with Gasteiger partial charge in [0.2, 0.25) is 5.91 Å². The summed E-state index contributed by atoms with van der Waals surface area (Å²) in [5.41, 5.74) is 3.32. The van der Waals surface area contributed by atoms with Crippen LogP contribution in [0.3, 0.4) is 0 Å². The molecule has 0 saturated carbocycles. The first-order valence-electron chi connectivity index (χ1n) is 11.7. The summed E-state index contributed by atoms with van der Waals surface area (Å²) in [6.45, 7) is 4.59. The lowest BCUT2D eigenvalue weighted by Gasteiger charge is -2.22. The van der Waals surface area contributed by atoms with Gasteiger partial charge in [-0.15, -0.1) is 0 Å². The van der Waals surface area contributed by atoms with Crippen LogP contribution in [0.4, 0.5) is 11.4 Å². The molecule has 2 amide bonds. The highest BCUT2D eigenvalue weighted by Gasteiger charge is 2.20. The van der Waals surface area contributed by atoms with Gasteiger partial charge in [-0.05, 0) is 43.0 Å². The van der Waals surface area contributed by atoms with Crippen LogP contribution in [-0.4, -0.2) is 24.9 Å². The molecule has 1 heterocycles. The van der Waals surface area contributed by atoms with Crippen molar-refractivity contribution in [3.05, 3.63) is 59.7 Å². The van der Waals surface area contributed by atoms with Gasteiger partial charge in [0.05, 0.1) is 5.56 Å². The molecule has 1 aliphatic heterocycles. The van der Waals surface area contributed by atoms with E-state index < -0.39 is 0 Å². The molecular weight excluding hydrogens is 386 g/mol. The van der Waals surface area contributed by atoms with Gasteiger partial charge in [-0.2, -0.15) is 0 Å². The molecule has 0 unspecified atom stereocenters. The molecule has 5 heteroatoms. The Balaban J connectivity index is 1.66. The number of nitrogens with one attached hydrogen (secondary N) is 2. The molecule has 1 saturated heterocycles. The van der Waals surface area contributed by atoms with Crippen molar-refractivity contribution in [1.82, 2.24) is 5.32 Å². The lowest BCUT2D eigenvalue weighted by atomic mass is 10.1. The summed E-state index contributed by atoms with van der Waals surface area (Å²) < 4.78 is 0. The topological polar surface area (TPSA) is 61.4 Å². The first kappa shape index (κ1) is 22.9. The molecule has 166 valence electrons. The molecule has 0 atom stereocenters. The molecule has 1 aliphatic rings. The predicted molar refractivity (Wildman–Crippen MR) is 128 cm³/mol. The minimum Gasteiger partial charge on any atom is -0.371 e. The van der Waals surface area contributed by atoms with Crippen molar-refractivity contribution in [2.24, 2.45) is 0 Å². The lowest BCUT2D eigenvalue weighted by Crippen LogP contribution is -2.27. The first-order chi connectivity index (χ1) is 15.2. The molecule has 0 aromatic heterocycles. The fraction of sp³-hybridized carbons (Fsp3) is 0.462. The van der Waals surface area contributed by atoms with E-state index >= 15 is 0 Å². The highest BCUT2D eigenvalue weighted by atomic mass is 16.2. The summed E-state index contributed by atoms with van der Waals surface area (Å²) in [5, 5.41) is 6.02. The van der Waals surface area contributed by atoms with E-state index in [1.807, 2.05) is 48.5 Å². The largest absolute Gasteiger partial charge is 0.371 e. The fourth-order valence-corrected chi connectivity index (χ4v) is 4.02. The quantitative estimate of drug-likeness (QED) is 0.470. The molecule has 0 radical (unpaired) electrons. The Morgan fingerprint density at radius 2 is 1.68 bits per heavy atom. The number of carbonyl (C=O) groups is 2. The van der Waals surface area contributed by atoms with Crippen molar-refractivity contribution < 1.29 is 9.59 Å². The smallest absolute Gasteiger partial charge is 0.253 e. The summed E-state index contributed by atoms with van der Waals surface area (Å²) in [4.78, 5) is 27.7. The van der Waals surface area contributed by atoms with Crippen molar-refractivity contribution >= 4 is 23.2 Å². The standard InChI is InChI=1S/C26H35N3O2/c1-2-3-4-5-9-14-25(30)28-22-15-16-24(29-17-10-11-18-29)23(19-22)26(31)27-20-21-12-7-6-8-13-21/h6-8,12-13,15-16,19H,2-5,9-11,14,17-18,20H2,1H3,(H,27,31)(H,28,30). The Morgan fingerprint density at radius 1 is 0.935 bits per heavy atom. The summed E-state index contributed by atoms with van der Waals surface area (Å²) in [7, 11) is 0. The summed E-state index contributed by atoms with van der Waals surface area (Å²) in [6.07, 6.45) is 8.40. The Labute approximate surface area is 186 Å². The average Bonchev–Trinajstić information content (AvgIpc) is 3.33. The Bertz CT molecular complexity index is 845. The maximum atomic E-state index is 13.1. The van der Waals surface area contributed by atoms with Crippen LogP contribution in [0.25, 0.3) is 0 Å². The van der Waals surface area contributed by atoms with Crippen LogP contribution in [-0.2, 0) is 11.3 Å². The van der Waals surface area contributed by atoms with E-state index in [-0.39, 0.29) is 11.8 Å². The van der Waals surface area contributed by atoms with Gasteiger partial charge >= 0.3 is 0 Å². The third-order valence-corrected chi connectivity index (χ3v) is 5.77. The third-order valence-electron chi connectivity index (χ3n) is 5.77. The number of anilines is 2. The fourth-order valence-electron chi connectivity index (χ4n) is 4.02. The second kappa shape index (κ2) is 12.1. The molecule has 0 spiro atoms. The summed E-state index contributed by atoms with van der Waals surface area (Å²) >= 11 is 0. The number of amides is 2. The molecule has 5 nitrogen and oxygen atoms in total. The zero-order valence-corrected chi connectivity index (χ0v) is 18.7. The summed E-state index contributed by atoms with van der Waals surface area (Å²) in [5.74, 6) is -0.0949. The number of rotatable bonds is 11. The van der Waals surface area contributed by atoms with Crippen LogP contribution < -0.4 is 15.5 Å². The molecule has 2 N–H and O–H groups in total. The van der Waals surface area contributed by atoms with Gasteiger partial charge < -0.3 is 15.5 Å². The van der Waals surface area contributed by atoms with Gasteiger partial charge in [-0.25, -0.2) is 0 Å². The van der Waals surface area contributed by atoms with Crippen molar-refractivity contribution in [3.8, 4) is 0 Å². The molecular formula is C26H35N3O2. The van der Waals surface area contributed by atoms with Crippen LogP contribution in [0.5, 0.6) is 0 Å². The van der Waals surface area contributed by atoms with E-state index in [0.717, 1.165) is 50.0 Å². The second-order valence-electron chi connectivity index (χ2n) is 8.31. The normalized spacial score (nSPS) is 13.3. The van der Waals surface area contributed by atoms with Gasteiger partial charge in [0.1, 0.15) is 0 Å². The number of carbonyl (C=O) groups excluding carboxylic acids is 2. The number of benzene rings is 2. The van der Waals surface area contributed by atoms with Gasteiger partial charge in [0.15, 0.2) is 0 Å². The Kier molecular flexibility index (Phi) is 8.95. The van der Waals surface area contributed by atoms with Gasteiger partial charge in [0, 0.05) is 37.4 Å². The van der Waals surface area contributed by atoms with Gasteiger partial charge in [-0.1, -0.05) is 62.9 Å². The highest BCUT2D eigenvalue weighted by Crippen LogP contribution is 2.28. The maximum absolute atomic E-state index is 13.1. The van der Waals surface area contributed by atoms with E-state index in [0.29, 0.717) is 24.2 Å². The van der Waals surface area contributed by atoms with Crippen LogP contribution in [0, 0.1) is 0 Å². The van der Waals surface area contributed by atoms with Crippen LogP contribution in [0.2, 0.25) is 0 Å². The highest BCUT2D eigenvalue weighted by molar-refractivity contribution is 6.02. The minimum absolute atomic E-state index is 0.0149. The Morgan fingerprint density at radius 3 is 2.42 bits per heavy atom. The van der Waals surface area contributed by atoms with Crippen molar-refractivity contribution in [3.63, 3.8) is 0 Å². The number of hydrogen-bond acceptors (Lipinski definition) is 3. The minimum atomic E-state index is -0.110. The zero-order chi connectivity index (χ0) is 21.9. The number of hydrogen-bond donors (Lipinski definition) is 2. The average molecular weight is 422 g/mol. The molecule has 3 rings (SSSR count). The SMILES string of the molecule is CCCCCCCC(=O)Nc1ccc(N2CCCC2)c(C(=O)NCc2ccccc2)c1. The molecule has 2 aromatic rings. The first-order valence-corrected chi connectivity index (χ1v) is 11.7. The van der Waals surface area contributed by atoms with Crippen molar-refractivity contribution in [2.75, 3.05) is 23.3 Å². The molecule has 31 heavy (non-hydrogen) atoms. The van der Waals surface area contributed by atoms with E-state index in [1.165, 1.54) is 19.3 Å². The predicted octanol–water partition coefficient (Wildman–Crippen LogP) is 5.52. The van der Waals surface area contributed by atoms with E-state index in [9.17, 15) is 9.59 Å². The maximum Gasteiger partial charge on any atom is 0.253 e. The summed E-state index contributed by atoms with van der Waals surface area (Å²) in [6, 6.07) is 15.6. The number of nitrogens with zero attached hydrogens (tertiary/aromatic N) is 1. The number of unbranched alkanes of at least 4 members (excludes halogenated alkanes) is 4. The van der Waals surface area contributed by atoms with E-state index in [2.05, 4.69) is 22.5 Å². The van der Waals surface area contributed by atoms with Crippen LogP contribution >= 0.6 is 0 Å². The van der Waals surface area contributed by atoms with Crippen molar-refractivity contribution in [2.45, 2.75) is 64.8 Å². The van der Waals surface area contributed by atoms with Crippen LogP contribution in [0.15, 0.2) is 48.5 Å². The van der Waals surface area contributed by atoms with Crippen molar-refractivity contribution in [1.29, 1.82) is 0 Å². The Hall–Kier alpha value is -2.82. The van der Waals surface area contributed by atoms with Gasteiger partial charge in [-0.3, -0.25) is 9.59 Å². The van der Waals surface area contributed by atoms with E-state index in [1.54, 1.807) is 0 Å². The monoisotopic (exact) mass is 421 g/mol. The molecule has 0 aliphatic carbocycles. The molecule has 0 bridgehead atoms. The van der Waals surface area contributed by atoms with Crippen LogP contribution in [0.1, 0.15) is 74.2 Å². The molecule has 1 fully saturated rings. The van der Waals surface area contributed by atoms with Gasteiger partial charge in [0.25, 0.3) is 5.91 Å². The lowest BCUT2D eigenvalue weighted by molar-refractivity contribution is -0.116. The third kappa shape index (κ3) is 7.12. The molecule has 2 aromatic carbocycles. The second-order valence-corrected chi connectivity index (χ2v) is 8.31. The van der Waals surface area contributed by atoms with E-state index in [4.69, 9.17) is 0 Å². The zero-order valence-electron chi connectivity index (χ0n) is 18.7.